The lowest BCUT2D eigenvalue weighted by atomic mass is 10.2. The van der Waals surface area contributed by atoms with Crippen molar-refractivity contribution in [1.82, 2.24) is 9.97 Å². The third-order valence-corrected chi connectivity index (χ3v) is 2.31. The van der Waals surface area contributed by atoms with Crippen LogP contribution in [0.1, 0.15) is 16.1 Å². The molecule has 0 radical (unpaired) electrons. The van der Waals surface area contributed by atoms with Gasteiger partial charge in [0.1, 0.15) is 6.61 Å². The molecule has 0 saturated carbocycles. The van der Waals surface area contributed by atoms with Crippen LogP contribution in [0.3, 0.4) is 0 Å². The third-order valence-electron chi connectivity index (χ3n) is 2.31. The van der Waals surface area contributed by atoms with E-state index in [9.17, 15) is 9.59 Å². The van der Waals surface area contributed by atoms with Gasteiger partial charge in [-0.3, -0.25) is 5.32 Å². The Hall–Kier alpha value is -2.96. The van der Waals surface area contributed by atoms with Crippen LogP contribution >= 0.6 is 0 Å². The van der Waals surface area contributed by atoms with Gasteiger partial charge < -0.3 is 9.84 Å². The number of carboxylic acids is 1. The molecule has 0 unspecified atom stereocenters. The van der Waals surface area contributed by atoms with E-state index >= 15 is 0 Å². The second kappa shape index (κ2) is 6.28. The number of hydrogen-bond acceptors (Lipinski definition) is 5. The van der Waals surface area contributed by atoms with E-state index < -0.39 is 12.1 Å². The zero-order chi connectivity index (χ0) is 14.4. The van der Waals surface area contributed by atoms with Gasteiger partial charge in [-0.25, -0.2) is 19.6 Å². The van der Waals surface area contributed by atoms with Crippen LogP contribution in [0.2, 0.25) is 0 Å². The van der Waals surface area contributed by atoms with E-state index in [1.165, 1.54) is 0 Å². The normalized spacial score (nSPS) is 9.80. The molecular weight excluding hydrogens is 262 g/mol. The van der Waals surface area contributed by atoms with Crippen molar-refractivity contribution in [2.24, 2.45) is 0 Å². The number of nitrogens with zero attached hydrogens (tertiary/aromatic N) is 2. The van der Waals surface area contributed by atoms with Crippen LogP contribution in [0.25, 0.3) is 0 Å². The first-order valence-electron chi connectivity index (χ1n) is 5.68. The number of carbonyl (C=O) groups is 2. The first-order valence-corrected chi connectivity index (χ1v) is 5.68. The quantitative estimate of drug-likeness (QED) is 0.882. The Morgan fingerprint density at radius 1 is 1.15 bits per heavy atom. The molecule has 1 amide bonds. The number of carboxylic acid groups (broad SMARTS) is 1. The molecule has 2 N–H and O–H groups in total. The molecule has 0 aliphatic rings. The van der Waals surface area contributed by atoms with Crippen LogP contribution in [-0.2, 0) is 11.3 Å². The fourth-order valence-electron chi connectivity index (χ4n) is 1.37. The summed E-state index contributed by atoms with van der Waals surface area (Å²) in [5, 5.41) is 11.0. The van der Waals surface area contributed by atoms with Crippen LogP contribution in [0.15, 0.2) is 42.7 Å². The Bertz CT molecular complexity index is 599. The van der Waals surface area contributed by atoms with Gasteiger partial charge in [-0.15, -0.1) is 0 Å². The summed E-state index contributed by atoms with van der Waals surface area (Å²) >= 11 is 0. The van der Waals surface area contributed by atoms with Crippen molar-refractivity contribution in [2.75, 3.05) is 5.32 Å². The average Bonchev–Trinajstić information content (AvgIpc) is 2.47. The summed E-state index contributed by atoms with van der Waals surface area (Å²) in [6, 6.07) is 9.20. The smallest absolute Gasteiger partial charge is 0.413 e. The van der Waals surface area contributed by atoms with E-state index in [2.05, 4.69) is 15.3 Å². The highest BCUT2D eigenvalue weighted by Gasteiger charge is 2.08. The van der Waals surface area contributed by atoms with E-state index in [0.717, 1.165) is 18.0 Å². The van der Waals surface area contributed by atoms with Crippen molar-refractivity contribution in [3.8, 4) is 0 Å². The molecule has 0 aliphatic heterocycles. The van der Waals surface area contributed by atoms with Crippen LogP contribution in [0.5, 0.6) is 0 Å². The number of nitrogens with one attached hydrogen (secondary N) is 1. The molecule has 0 spiro atoms. The average molecular weight is 273 g/mol. The first kappa shape index (κ1) is 13.5. The predicted molar refractivity (Wildman–Crippen MR) is 69.2 cm³/mol. The van der Waals surface area contributed by atoms with Gasteiger partial charge in [0.15, 0.2) is 11.5 Å². The summed E-state index contributed by atoms with van der Waals surface area (Å²) in [6.45, 7) is 0.132. The number of carbonyl (C=O) groups excluding carboxylic acids is 1. The Labute approximate surface area is 114 Å². The minimum absolute atomic E-state index is 0.119. The van der Waals surface area contributed by atoms with Crippen molar-refractivity contribution in [3.63, 3.8) is 0 Å². The van der Waals surface area contributed by atoms with Gasteiger partial charge >= 0.3 is 12.1 Å². The summed E-state index contributed by atoms with van der Waals surface area (Å²) in [5.74, 6) is -1.07. The number of benzene rings is 1. The van der Waals surface area contributed by atoms with Crippen molar-refractivity contribution < 1.29 is 19.4 Å². The molecule has 1 heterocycles. The highest BCUT2D eigenvalue weighted by atomic mass is 16.5. The largest absolute Gasteiger partial charge is 0.476 e. The highest BCUT2D eigenvalue weighted by Crippen LogP contribution is 2.04. The molecule has 20 heavy (non-hydrogen) atoms. The standard InChI is InChI=1S/C13H11N3O4/c17-12(18)10-6-15-11(7-14-10)16-13(19)20-8-9-4-2-1-3-5-9/h1-7H,8H2,(H,17,18)(H,15,16,19). The predicted octanol–water partition coefficient (Wildman–Crippen LogP) is 1.92. The van der Waals surface area contributed by atoms with E-state index in [1.54, 1.807) is 0 Å². The van der Waals surface area contributed by atoms with Crippen molar-refractivity contribution in [2.45, 2.75) is 6.61 Å². The Balaban J connectivity index is 1.86. The van der Waals surface area contributed by atoms with Gasteiger partial charge in [0, 0.05) is 0 Å². The van der Waals surface area contributed by atoms with Crippen molar-refractivity contribution >= 4 is 17.9 Å². The molecule has 2 aromatic rings. The molecule has 2 rings (SSSR count). The molecule has 1 aromatic heterocycles. The molecule has 0 bridgehead atoms. The lowest BCUT2D eigenvalue weighted by Gasteiger charge is -2.06. The second-order valence-electron chi connectivity index (χ2n) is 3.78. The summed E-state index contributed by atoms with van der Waals surface area (Å²) in [7, 11) is 0. The van der Waals surface area contributed by atoms with Crippen molar-refractivity contribution in [1.29, 1.82) is 0 Å². The summed E-state index contributed by atoms with van der Waals surface area (Å²) in [6.07, 6.45) is 1.51. The topological polar surface area (TPSA) is 101 Å². The number of ether oxygens (including phenoxy) is 1. The Morgan fingerprint density at radius 3 is 2.50 bits per heavy atom. The van der Waals surface area contributed by atoms with Crippen LogP contribution < -0.4 is 5.32 Å². The molecule has 0 saturated heterocycles. The zero-order valence-electron chi connectivity index (χ0n) is 10.3. The Morgan fingerprint density at radius 2 is 1.90 bits per heavy atom. The second-order valence-corrected chi connectivity index (χ2v) is 3.78. The van der Waals surface area contributed by atoms with Gasteiger partial charge in [0.05, 0.1) is 12.4 Å². The maximum Gasteiger partial charge on any atom is 0.413 e. The SMILES string of the molecule is O=C(Nc1cnc(C(=O)O)cn1)OCc1ccccc1. The molecule has 7 heteroatoms. The lowest BCUT2D eigenvalue weighted by Crippen LogP contribution is -2.15. The summed E-state index contributed by atoms with van der Waals surface area (Å²) in [4.78, 5) is 29.4. The maximum absolute atomic E-state index is 11.5. The number of amides is 1. The zero-order valence-corrected chi connectivity index (χ0v) is 10.3. The Kier molecular flexibility index (Phi) is 4.23. The van der Waals surface area contributed by atoms with Gasteiger partial charge in [0.25, 0.3) is 0 Å². The fraction of sp³-hybridized carbons (Fsp3) is 0.0769. The first-order chi connectivity index (χ1) is 9.65. The minimum Gasteiger partial charge on any atom is -0.476 e. The molecule has 0 atom stereocenters. The molecular formula is C13H11N3O4. The number of aromatic nitrogens is 2. The number of hydrogen-bond donors (Lipinski definition) is 2. The fourth-order valence-corrected chi connectivity index (χ4v) is 1.37. The molecule has 102 valence electrons. The van der Waals surface area contributed by atoms with E-state index in [-0.39, 0.29) is 18.1 Å². The van der Waals surface area contributed by atoms with Crippen LogP contribution in [0, 0.1) is 0 Å². The molecule has 0 fully saturated rings. The van der Waals surface area contributed by atoms with Gasteiger partial charge in [0.2, 0.25) is 0 Å². The van der Waals surface area contributed by atoms with Crippen LogP contribution in [0.4, 0.5) is 10.6 Å². The van der Waals surface area contributed by atoms with E-state index in [1.807, 2.05) is 30.3 Å². The minimum atomic E-state index is -1.18. The number of aromatic carboxylic acids is 1. The molecule has 7 nitrogen and oxygen atoms in total. The lowest BCUT2D eigenvalue weighted by molar-refractivity contribution is 0.0690. The van der Waals surface area contributed by atoms with Gasteiger partial charge in [-0.1, -0.05) is 30.3 Å². The number of anilines is 1. The summed E-state index contributed by atoms with van der Waals surface area (Å²) in [5.41, 5.74) is 0.656. The molecule has 0 aliphatic carbocycles. The van der Waals surface area contributed by atoms with E-state index in [4.69, 9.17) is 9.84 Å². The number of rotatable bonds is 4. The molecule has 1 aromatic carbocycles. The van der Waals surface area contributed by atoms with Crippen LogP contribution in [-0.4, -0.2) is 27.1 Å². The maximum atomic E-state index is 11.5. The van der Waals surface area contributed by atoms with Gasteiger partial charge in [-0.2, -0.15) is 0 Å². The monoisotopic (exact) mass is 273 g/mol. The van der Waals surface area contributed by atoms with E-state index in [0.29, 0.717) is 0 Å². The summed E-state index contributed by atoms with van der Waals surface area (Å²) < 4.78 is 4.98. The van der Waals surface area contributed by atoms with Gasteiger partial charge in [-0.05, 0) is 5.56 Å². The third kappa shape index (κ3) is 3.77. The van der Waals surface area contributed by atoms with Crippen molar-refractivity contribution in [3.05, 3.63) is 54.0 Å². The highest BCUT2D eigenvalue weighted by molar-refractivity contribution is 5.86.